The molecule has 0 aromatic carbocycles. The first-order valence-corrected chi connectivity index (χ1v) is 6.58. The number of anilines is 2. The van der Waals surface area contributed by atoms with Gasteiger partial charge in [0.2, 0.25) is 0 Å². The van der Waals surface area contributed by atoms with Gasteiger partial charge in [-0.25, -0.2) is 9.97 Å². The van der Waals surface area contributed by atoms with E-state index in [4.69, 9.17) is 0 Å². The van der Waals surface area contributed by atoms with Crippen LogP contribution in [0.3, 0.4) is 0 Å². The van der Waals surface area contributed by atoms with E-state index in [-0.39, 0.29) is 0 Å². The number of nitrogens with one attached hydrogen (secondary N) is 1. The first-order chi connectivity index (χ1) is 9.20. The summed E-state index contributed by atoms with van der Waals surface area (Å²) in [5.41, 5.74) is 1.14. The number of rotatable bonds is 6. The molecule has 0 fully saturated rings. The van der Waals surface area contributed by atoms with Crippen LogP contribution in [-0.2, 0) is 13.6 Å². The minimum atomic E-state index is 0.779. The third-order valence-electron chi connectivity index (χ3n) is 3.04. The van der Waals surface area contributed by atoms with Crippen molar-refractivity contribution in [1.82, 2.24) is 14.5 Å². The lowest BCUT2D eigenvalue weighted by atomic mass is 10.3. The highest BCUT2D eigenvalue weighted by atomic mass is 15.2. The van der Waals surface area contributed by atoms with Gasteiger partial charge < -0.3 is 14.8 Å². The summed E-state index contributed by atoms with van der Waals surface area (Å²) in [5, 5.41) is 3.30. The Balaban J connectivity index is 2.06. The number of hydrogen-bond donors (Lipinski definition) is 1. The molecule has 0 aliphatic carbocycles. The second kappa shape index (κ2) is 6.22. The zero-order valence-electron chi connectivity index (χ0n) is 11.8. The van der Waals surface area contributed by atoms with Crippen LogP contribution in [0.15, 0.2) is 30.7 Å². The van der Waals surface area contributed by atoms with Gasteiger partial charge in [0.25, 0.3) is 0 Å². The number of imidazole rings is 1. The van der Waals surface area contributed by atoms with Gasteiger partial charge >= 0.3 is 0 Å². The molecule has 5 heteroatoms. The first kappa shape index (κ1) is 13.4. The highest BCUT2D eigenvalue weighted by Gasteiger charge is 2.06. The zero-order valence-corrected chi connectivity index (χ0v) is 11.8. The highest BCUT2D eigenvalue weighted by molar-refractivity contribution is 5.53. The Labute approximate surface area is 114 Å². The average molecular weight is 259 g/mol. The SMILES string of the molecule is CCCNc1cc(N(C)Cc2nccn2C)ccn1. The maximum atomic E-state index is 4.34. The Hall–Kier alpha value is -2.04. The van der Waals surface area contributed by atoms with Gasteiger partial charge in [-0.15, -0.1) is 0 Å². The Bertz CT molecular complexity index is 520. The number of aromatic nitrogens is 3. The lowest BCUT2D eigenvalue weighted by Crippen LogP contribution is -2.19. The van der Waals surface area contributed by atoms with E-state index < -0.39 is 0 Å². The Morgan fingerprint density at radius 1 is 1.32 bits per heavy atom. The van der Waals surface area contributed by atoms with E-state index in [9.17, 15) is 0 Å². The van der Waals surface area contributed by atoms with Gasteiger partial charge in [-0.1, -0.05) is 6.92 Å². The van der Waals surface area contributed by atoms with Crippen LogP contribution < -0.4 is 10.2 Å². The van der Waals surface area contributed by atoms with E-state index in [1.165, 1.54) is 0 Å². The van der Waals surface area contributed by atoms with E-state index in [0.29, 0.717) is 0 Å². The van der Waals surface area contributed by atoms with E-state index in [2.05, 4.69) is 40.2 Å². The molecule has 0 aliphatic rings. The minimum absolute atomic E-state index is 0.779. The molecule has 5 nitrogen and oxygen atoms in total. The average Bonchev–Trinajstić information content (AvgIpc) is 2.82. The molecule has 0 saturated heterocycles. The number of nitrogens with zero attached hydrogens (tertiary/aromatic N) is 4. The number of pyridine rings is 1. The molecule has 0 aliphatic heterocycles. The highest BCUT2D eigenvalue weighted by Crippen LogP contribution is 2.17. The Kier molecular flexibility index (Phi) is 4.39. The first-order valence-electron chi connectivity index (χ1n) is 6.58. The minimum Gasteiger partial charge on any atom is -0.370 e. The van der Waals surface area contributed by atoms with E-state index >= 15 is 0 Å². The van der Waals surface area contributed by atoms with Crippen LogP contribution in [0, 0.1) is 0 Å². The largest absolute Gasteiger partial charge is 0.370 e. The zero-order chi connectivity index (χ0) is 13.7. The van der Waals surface area contributed by atoms with Crippen molar-refractivity contribution in [3.63, 3.8) is 0 Å². The van der Waals surface area contributed by atoms with Crippen molar-refractivity contribution in [2.45, 2.75) is 19.9 Å². The molecule has 0 bridgehead atoms. The second-order valence-electron chi connectivity index (χ2n) is 4.64. The maximum Gasteiger partial charge on any atom is 0.127 e. The van der Waals surface area contributed by atoms with Gasteiger partial charge in [0, 0.05) is 51.0 Å². The summed E-state index contributed by atoms with van der Waals surface area (Å²) in [7, 11) is 4.07. The summed E-state index contributed by atoms with van der Waals surface area (Å²) in [4.78, 5) is 10.8. The van der Waals surface area contributed by atoms with Gasteiger partial charge in [-0.2, -0.15) is 0 Å². The summed E-state index contributed by atoms with van der Waals surface area (Å²) in [6.07, 6.45) is 6.71. The maximum absolute atomic E-state index is 4.34. The molecule has 0 unspecified atom stereocenters. The molecule has 2 aromatic heterocycles. The third kappa shape index (κ3) is 3.47. The van der Waals surface area contributed by atoms with Crippen LogP contribution in [0.1, 0.15) is 19.2 Å². The van der Waals surface area contributed by atoms with Crippen molar-refractivity contribution in [2.75, 3.05) is 23.8 Å². The van der Waals surface area contributed by atoms with Gasteiger partial charge in [-0.3, -0.25) is 0 Å². The summed E-state index contributed by atoms with van der Waals surface area (Å²) in [5.74, 6) is 1.97. The van der Waals surface area contributed by atoms with Crippen LogP contribution in [0.5, 0.6) is 0 Å². The lowest BCUT2D eigenvalue weighted by Gasteiger charge is -2.19. The fourth-order valence-electron chi connectivity index (χ4n) is 1.86. The molecule has 2 heterocycles. The molecule has 0 radical (unpaired) electrons. The Morgan fingerprint density at radius 2 is 2.16 bits per heavy atom. The topological polar surface area (TPSA) is 46.0 Å². The molecule has 19 heavy (non-hydrogen) atoms. The van der Waals surface area contributed by atoms with Crippen LogP contribution in [0.4, 0.5) is 11.5 Å². The van der Waals surface area contributed by atoms with Crippen LogP contribution in [-0.4, -0.2) is 28.1 Å². The molecule has 2 aromatic rings. The summed E-state index contributed by atoms with van der Waals surface area (Å²) < 4.78 is 2.04. The van der Waals surface area contributed by atoms with Gasteiger partial charge in [0.1, 0.15) is 11.6 Å². The molecular weight excluding hydrogens is 238 g/mol. The summed E-state index contributed by atoms with van der Waals surface area (Å²) in [6, 6.07) is 4.08. The number of hydrogen-bond acceptors (Lipinski definition) is 4. The van der Waals surface area contributed by atoms with Crippen LogP contribution in [0.25, 0.3) is 0 Å². The Morgan fingerprint density at radius 3 is 2.84 bits per heavy atom. The monoisotopic (exact) mass is 259 g/mol. The summed E-state index contributed by atoms with van der Waals surface area (Å²) in [6.45, 7) is 3.87. The van der Waals surface area contributed by atoms with Crippen molar-refractivity contribution in [2.24, 2.45) is 7.05 Å². The number of aryl methyl sites for hydroxylation is 1. The van der Waals surface area contributed by atoms with E-state index in [1.54, 1.807) is 0 Å². The van der Waals surface area contributed by atoms with Gasteiger partial charge in [0.05, 0.1) is 6.54 Å². The molecule has 0 atom stereocenters. The molecular formula is C14H21N5. The van der Waals surface area contributed by atoms with Gasteiger partial charge in [-0.05, 0) is 12.5 Å². The molecule has 0 saturated carbocycles. The fourth-order valence-corrected chi connectivity index (χ4v) is 1.86. The smallest absolute Gasteiger partial charge is 0.127 e. The predicted molar refractivity (Wildman–Crippen MR) is 78.3 cm³/mol. The quantitative estimate of drug-likeness (QED) is 0.864. The molecule has 2 rings (SSSR count). The van der Waals surface area contributed by atoms with Crippen molar-refractivity contribution in [1.29, 1.82) is 0 Å². The standard InChI is InChI=1S/C14H21N5/c1-4-6-15-13-10-12(5-7-16-13)19(3)11-14-17-8-9-18(14)2/h5,7-10H,4,6,11H2,1-3H3,(H,15,16). The fraction of sp³-hybridized carbons (Fsp3) is 0.429. The van der Waals surface area contributed by atoms with E-state index in [1.807, 2.05) is 36.3 Å². The molecule has 0 amide bonds. The molecule has 1 N–H and O–H groups in total. The van der Waals surface area contributed by atoms with Crippen molar-refractivity contribution >= 4 is 11.5 Å². The van der Waals surface area contributed by atoms with Crippen molar-refractivity contribution in [3.05, 3.63) is 36.5 Å². The van der Waals surface area contributed by atoms with Gasteiger partial charge in [0.15, 0.2) is 0 Å². The van der Waals surface area contributed by atoms with Crippen LogP contribution >= 0.6 is 0 Å². The molecule has 0 spiro atoms. The second-order valence-corrected chi connectivity index (χ2v) is 4.64. The summed E-state index contributed by atoms with van der Waals surface area (Å²) >= 11 is 0. The predicted octanol–water partition coefficient (Wildman–Crippen LogP) is 2.27. The lowest BCUT2D eigenvalue weighted by molar-refractivity contribution is 0.761. The van der Waals surface area contributed by atoms with Crippen molar-refractivity contribution < 1.29 is 0 Å². The normalized spacial score (nSPS) is 10.5. The van der Waals surface area contributed by atoms with Crippen molar-refractivity contribution in [3.8, 4) is 0 Å². The molecule has 102 valence electrons. The third-order valence-corrected chi connectivity index (χ3v) is 3.04. The van der Waals surface area contributed by atoms with E-state index in [0.717, 1.165) is 36.8 Å². The van der Waals surface area contributed by atoms with Crippen LogP contribution in [0.2, 0.25) is 0 Å².